The Hall–Kier alpha value is -11.5. The maximum atomic E-state index is 15.6. The molecule has 4 N–H and O–H groups in total. The molecule has 0 saturated carbocycles. The molecule has 4 aromatic heterocycles. The topological polar surface area (TPSA) is 332 Å². The summed E-state index contributed by atoms with van der Waals surface area (Å²) in [4.78, 5) is 97.9. The molecule has 6 aromatic carbocycles. The van der Waals surface area contributed by atoms with Gasteiger partial charge in [-0.3, -0.25) is 19.4 Å². The van der Waals surface area contributed by atoms with Crippen LogP contribution in [0.5, 0.6) is 0 Å². The highest BCUT2D eigenvalue weighted by molar-refractivity contribution is 14.1. The van der Waals surface area contributed by atoms with E-state index in [0.717, 1.165) is 70.6 Å². The fourth-order valence-corrected chi connectivity index (χ4v) is 15.0. The van der Waals surface area contributed by atoms with E-state index in [2.05, 4.69) is 51.2 Å². The van der Waals surface area contributed by atoms with Gasteiger partial charge in [0.05, 0.1) is 138 Å². The van der Waals surface area contributed by atoms with Gasteiger partial charge in [-0.2, -0.15) is 0 Å². The SMILES string of the molecule is COC(=O)N[C@H](C(=O)N1CCC[C@H]1c1ncc(-c2ccc(-c3ccc(N4C[C@H](Cn5cc(COCc6ccccc6)nn5)OC4=O)cc3F)cc2)[nH]1)C(C)C.COC(=O)N[C@H](C(=O)N1CCC[C@H]1c1ncc(-c2ccc(B3OC(C)(C)C(C)(C)O3)cc2)[nH]1)C(C)C.O=C1O[C@@H](Cn2cc(COCc3ccccc3)nn2)CN1c1ccc(I)c(F)c1. The Morgan fingerprint density at radius 3 is 1.42 bits per heavy atom. The van der Waals surface area contributed by atoms with Gasteiger partial charge < -0.3 is 68.1 Å². The minimum atomic E-state index is -0.721. The van der Waals surface area contributed by atoms with E-state index in [9.17, 15) is 33.2 Å². The standard InChI is InChI=1S/C40H43FN8O6.C26H37BN4O5.C20H18FIN4O3/c1-25(2)36(44-39(51)53-3)38(50)48-17-7-10-35(48)37-42-19-34(43-37)28-13-11-27(12-14-28)32-16-15-30(18-33(32)41)49-22-31(55-40(49)52)21-47-20-29(45-46-47)24-54-23-26-8-5-4-6-9-26;1-16(2)21(30-24(33)34-7)23(32)31-14-8-9-20(31)22-28-15-19(29-22)17-10-12-18(13-11-17)27-35-25(3,4)26(5,6)36-27;21-18-8-16(6-7-19(18)22)26-11-17(29-20(26)27)10-25-9-15(23-24-25)13-28-12-14-4-2-1-3-5-14/h4-6,8-9,11-16,18-20,25,31,35-36H,7,10,17,21-24H2,1-3H3,(H,42,43)(H,44,51);10-13,15-16,20-21H,8-9,14H2,1-7H3,(H,28,29)(H,30,33);1-9,17H,10-13H2/t31-,35-,36-;20-,21-;17-/m000/s1. The van der Waals surface area contributed by atoms with Crippen LogP contribution in [0.2, 0.25) is 0 Å². The van der Waals surface area contributed by atoms with Gasteiger partial charge in [-0.25, -0.2) is 47.3 Å². The van der Waals surface area contributed by atoms with Crippen molar-refractivity contribution in [1.82, 2.24) is 70.4 Å². The molecule has 6 amide bonds. The van der Waals surface area contributed by atoms with Crippen molar-refractivity contribution in [3.8, 4) is 33.6 Å². The molecule has 120 heavy (non-hydrogen) atoms. The lowest BCUT2D eigenvalue weighted by atomic mass is 9.79. The summed E-state index contributed by atoms with van der Waals surface area (Å²) in [5.41, 5.74) is 9.06. The number of aromatic nitrogens is 10. The first-order chi connectivity index (χ1) is 57.7. The van der Waals surface area contributed by atoms with Crippen LogP contribution in [0.3, 0.4) is 0 Å². The quantitative estimate of drug-likeness (QED) is 0.0222. The van der Waals surface area contributed by atoms with Gasteiger partial charge in [0.25, 0.3) is 0 Å². The lowest BCUT2D eigenvalue weighted by Crippen LogP contribution is -2.51. The molecule has 630 valence electrons. The number of anilines is 2. The molecule has 6 atom stereocenters. The molecule has 0 bridgehead atoms. The van der Waals surface area contributed by atoms with Crippen molar-refractivity contribution in [2.45, 2.75) is 168 Å². The molecule has 5 aliphatic heterocycles. The second-order valence-corrected chi connectivity index (χ2v) is 32.7. The largest absolute Gasteiger partial charge is 0.494 e. The number of amides is 6. The van der Waals surface area contributed by atoms with E-state index in [0.29, 0.717) is 102 Å². The summed E-state index contributed by atoms with van der Waals surface area (Å²) in [5.74, 6) is 0.0458. The number of ether oxygens (including phenoxy) is 6. The van der Waals surface area contributed by atoms with E-state index < -0.39 is 61.6 Å². The number of H-pyrrole nitrogens is 2. The van der Waals surface area contributed by atoms with Gasteiger partial charge in [0.2, 0.25) is 11.8 Å². The zero-order valence-electron chi connectivity index (χ0n) is 68.5. The third kappa shape index (κ3) is 21.0. The third-order valence-electron chi connectivity index (χ3n) is 21.8. The molecule has 5 aliphatic rings. The van der Waals surface area contributed by atoms with Crippen molar-refractivity contribution in [2.24, 2.45) is 11.8 Å². The number of cyclic esters (lactones) is 2. The van der Waals surface area contributed by atoms with E-state index in [1.807, 2.05) is 192 Å². The van der Waals surface area contributed by atoms with Crippen molar-refractivity contribution in [2.75, 3.05) is 50.2 Å². The highest BCUT2D eigenvalue weighted by Crippen LogP contribution is 2.39. The van der Waals surface area contributed by atoms with E-state index in [1.54, 1.807) is 63.3 Å². The van der Waals surface area contributed by atoms with Crippen LogP contribution in [0.25, 0.3) is 33.6 Å². The smallest absolute Gasteiger partial charge is 0.453 e. The number of alkyl carbamates (subject to hydrolysis) is 2. The van der Waals surface area contributed by atoms with Crippen LogP contribution < -0.4 is 25.9 Å². The van der Waals surface area contributed by atoms with Gasteiger partial charge in [-0.15, -0.1) is 10.2 Å². The van der Waals surface area contributed by atoms with Gasteiger partial charge in [0.15, 0.2) is 0 Å². The average molecular weight is 1760 g/mol. The summed E-state index contributed by atoms with van der Waals surface area (Å²) in [6, 6.07) is 42.7. The number of imidazole rings is 2. The number of carbonyl (C=O) groups excluding carboxylic acids is 6. The Kier molecular flexibility index (Phi) is 27.9. The number of benzene rings is 6. The van der Waals surface area contributed by atoms with Crippen LogP contribution >= 0.6 is 22.6 Å². The van der Waals surface area contributed by atoms with Gasteiger partial charge in [0.1, 0.15) is 59.0 Å². The van der Waals surface area contributed by atoms with E-state index in [1.165, 1.54) is 36.2 Å². The number of hydrogen-bond acceptors (Lipinski definition) is 20. The minimum Gasteiger partial charge on any atom is -0.453 e. The van der Waals surface area contributed by atoms with Gasteiger partial charge in [-0.05, 0) is 157 Å². The van der Waals surface area contributed by atoms with Crippen molar-refractivity contribution < 1.29 is 75.3 Å². The Morgan fingerprint density at radius 2 is 0.992 bits per heavy atom. The predicted octanol–water partition coefficient (Wildman–Crippen LogP) is 13.4. The zero-order valence-corrected chi connectivity index (χ0v) is 70.6. The molecule has 0 unspecified atom stereocenters. The van der Waals surface area contributed by atoms with Crippen LogP contribution in [-0.2, 0) is 86.8 Å². The maximum Gasteiger partial charge on any atom is 0.494 e. The molecule has 9 heterocycles. The van der Waals surface area contributed by atoms with Gasteiger partial charge in [0, 0.05) is 22.2 Å². The monoisotopic (exact) mass is 1750 g/mol. The molecule has 0 spiro atoms. The molecule has 15 rings (SSSR count). The molecule has 0 aliphatic carbocycles. The predicted molar refractivity (Wildman–Crippen MR) is 449 cm³/mol. The first-order valence-electron chi connectivity index (χ1n) is 39.9. The number of rotatable bonds is 26. The van der Waals surface area contributed by atoms with Crippen LogP contribution in [0.15, 0.2) is 170 Å². The number of halogens is 3. The van der Waals surface area contributed by atoms with Crippen molar-refractivity contribution in [3.05, 3.63) is 220 Å². The number of aromatic amines is 2. The van der Waals surface area contributed by atoms with Crippen LogP contribution in [0, 0.1) is 27.0 Å². The number of methoxy groups -OCH3 is 2. The first kappa shape index (κ1) is 86.4. The number of nitrogens with one attached hydrogen (secondary N) is 4. The Bertz CT molecular complexity index is 5180. The number of nitrogens with zero attached hydrogens (tertiary/aromatic N) is 12. The molecule has 5 fully saturated rings. The van der Waals surface area contributed by atoms with E-state index in [4.69, 9.17) is 37.7 Å². The normalized spacial score (nSPS) is 18.4. The highest BCUT2D eigenvalue weighted by Gasteiger charge is 2.52. The lowest BCUT2D eigenvalue weighted by Gasteiger charge is -2.32. The van der Waals surface area contributed by atoms with Crippen LogP contribution in [0.4, 0.5) is 39.3 Å². The van der Waals surface area contributed by atoms with Crippen LogP contribution in [-0.4, -0.2) is 179 Å². The maximum absolute atomic E-state index is 15.6. The summed E-state index contributed by atoms with van der Waals surface area (Å²) in [7, 11) is 2.15. The first-order valence-corrected chi connectivity index (χ1v) is 40.9. The number of carbonyl (C=O) groups is 6. The molecule has 34 heteroatoms. The summed E-state index contributed by atoms with van der Waals surface area (Å²) in [5, 5.41) is 21.8. The molecule has 5 saturated heterocycles. The fraction of sp³-hybridized carbons (Fsp3) is 0.395. The Morgan fingerprint density at radius 1 is 0.567 bits per heavy atom. The van der Waals surface area contributed by atoms with Crippen molar-refractivity contribution >= 4 is 82.7 Å². The Labute approximate surface area is 707 Å². The molecule has 0 radical (unpaired) electrons. The summed E-state index contributed by atoms with van der Waals surface area (Å²) < 4.78 is 77.2. The fourth-order valence-electron chi connectivity index (χ4n) is 14.6. The molecular weight excluding hydrogens is 1660 g/mol. The third-order valence-corrected chi connectivity index (χ3v) is 22.7. The summed E-state index contributed by atoms with van der Waals surface area (Å²) >= 11 is 1.91. The van der Waals surface area contributed by atoms with Crippen molar-refractivity contribution in [1.29, 1.82) is 0 Å². The zero-order chi connectivity index (χ0) is 84.9. The van der Waals surface area contributed by atoms with Crippen LogP contribution in [0.1, 0.15) is 127 Å². The molecule has 10 aromatic rings. The van der Waals surface area contributed by atoms with Gasteiger partial charge in [-0.1, -0.05) is 147 Å². The molecular formula is C86H98BF2IN16O14. The minimum absolute atomic E-state index is 0.0764. The highest BCUT2D eigenvalue weighted by atomic mass is 127. The van der Waals surface area contributed by atoms with E-state index >= 15 is 4.39 Å². The van der Waals surface area contributed by atoms with Gasteiger partial charge >= 0.3 is 31.5 Å². The second-order valence-electron chi connectivity index (χ2n) is 31.6. The number of likely N-dealkylation sites (tertiary alicyclic amines) is 2. The lowest BCUT2D eigenvalue weighted by molar-refractivity contribution is -0.136. The summed E-state index contributed by atoms with van der Waals surface area (Å²) in [6.45, 7) is 19.7. The number of hydrogen-bond donors (Lipinski definition) is 4. The second kappa shape index (κ2) is 38.7. The Balaban J connectivity index is 0.000000165. The molecule has 30 nitrogen and oxygen atoms in total. The van der Waals surface area contributed by atoms with Crippen molar-refractivity contribution in [3.63, 3.8) is 0 Å². The summed E-state index contributed by atoms with van der Waals surface area (Å²) in [6.07, 6.45) is 7.06. The average Bonchev–Trinajstić information content (AvgIpc) is 1.62. The van der Waals surface area contributed by atoms with E-state index in [-0.39, 0.29) is 59.3 Å².